The number of aryl methyl sites for hydroxylation is 1. The number of hydrogen-bond acceptors (Lipinski definition) is 7. The van der Waals surface area contributed by atoms with Crippen LogP contribution in [0.2, 0.25) is 0 Å². The van der Waals surface area contributed by atoms with Gasteiger partial charge in [-0.25, -0.2) is 34.0 Å². The molecule has 0 spiro atoms. The number of halogens is 2. The fraction of sp³-hybridized carbons (Fsp3) is 0.118. The number of ether oxygens (including phenoxy) is 1. The SMILES string of the molecule is Cc1nc(-c2nccs2)ncc1OC(=O)Nn1cc(C(F)F)c2ccncc21. The minimum Gasteiger partial charge on any atom is -0.406 e. The van der Waals surface area contributed by atoms with Gasteiger partial charge in [-0.15, -0.1) is 11.3 Å². The van der Waals surface area contributed by atoms with Gasteiger partial charge in [0.25, 0.3) is 6.43 Å². The summed E-state index contributed by atoms with van der Waals surface area (Å²) < 4.78 is 32.8. The predicted octanol–water partition coefficient (Wildman–Crippen LogP) is 3.94. The lowest BCUT2D eigenvalue weighted by atomic mass is 10.2. The number of carbonyl (C=O) groups is 1. The first-order chi connectivity index (χ1) is 13.5. The van der Waals surface area contributed by atoms with E-state index in [-0.39, 0.29) is 16.7 Å². The molecule has 0 saturated heterocycles. The van der Waals surface area contributed by atoms with Gasteiger partial charge in [0.15, 0.2) is 16.6 Å². The fourth-order valence-corrected chi connectivity index (χ4v) is 3.16. The standard InChI is InChI=1S/C17H12F2N6O2S/c1-9-13(7-22-15(23-9)16-21-4-5-28-16)27-17(26)24-25-8-11(14(18)19)10-2-3-20-6-12(10)25/h2-8,14H,1H3,(H,24,26). The minimum absolute atomic E-state index is 0.140. The van der Waals surface area contributed by atoms with Crippen LogP contribution in [0.25, 0.3) is 21.7 Å². The number of pyridine rings is 1. The number of nitrogens with zero attached hydrogens (tertiary/aromatic N) is 5. The number of carbonyl (C=O) groups excluding carboxylic acids is 1. The quantitative estimate of drug-likeness (QED) is 0.556. The third-order valence-electron chi connectivity index (χ3n) is 3.85. The Balaban J connectivity index is 1.55. The Morgan fingerprint density at radius 2 is 2.14 bits per heavy atom. The summed E-state index contributed by atoms with van der Waals surface area (Å²) in [6, 6.07) is 1.45. The molecule has 1 amide bonds. The summed E-state index contributed by atoms with van der Waals surface area (Å²) in [4.78, 5) is 28.7. The van der Waals surface area contributed by atoms with Crippen LogP contribution in [-0.2, 0) is 0 Å². The van der Waals surface area contributed by atoms with Crippen molar-refractivity contribution in [2.24, 2.45) is 0 Å². The molecule has 0 aliphatic carbocycles. The first kappa shape index (κ1) is 17.9. The summed E-state index contributed by atoms with van der Waals surface area (Å²) in [6.45, 7) is 1.66. The van der Waals surface area contributed by atoms with Crippen LogP contribution in [0.3, 0.4) is 0 Å². The molecule has 0 unspecified atom stereocenters. The topological polar surface area (TPSA) is 94.8 Å². The maximum absolute atomic E-state index is 13.2. The van der Waals surface area contributed by atoms with E-state index in [1.807, 2.05) is 0 Å². The second kappa shape index (κ2) is 7.27. The van der Waals surface area contributed by atoms with E-state index >= 15 is 0 Å². The van der Waals surface area contributed by atoms with Crippen molar-refractivity contribution >= 4 is 28.3 Å². The van der Waals surface area contributed by atoms with Gasteiger partial charge in [-0.1, -0.05) is 0 Å². The molecule has 0 aliphatic heterocycles. The Kier molecular flexibility index (Phi) is 4.65. The van der Waals surface area contributed by atoms with E-state index < -0.39 is 12.5 Å². The van der Waals surface area contributed by atoms with E-state index in [0.29, 0.717) is 22.0 Å². The van der Waals surface area contributed by atoms with Crippen molar-refractivity contribution in [1.82, 2.24) is 24.6 Å². The van der Waals surface area contributed by atoms with E-state index in [1.54, 1.807) is 18.5 Å². The summed E-state index contributed by atoms with van der Waals surface area (Å²) >= 11 is 1.39. The van der Waals surface area contributed by atoms with Crippen molar-refractivity contribution in [1.29, 1.82) is 0 Å². The van der Waals surface area contributed by atoms with Crippen molar-refractivity contribution in [3.05, 3.63) is 53.7 Å². The molecule has 1 N–H and O–H groups in total. The molecule has 4 aromatic rings. The maximum atomic E-state index is 13.2. The molecule has 8 nitrogen and oxygen atoms in total. The molecular weight excluding hydrogens is 390 g/mol. The molecular formula is C17H12F2N6O2S. The van der Waals surface area contributed by atoms with Gasteiger partial charge in [-0.3, -0.25) is 9.66 Å². The molecule has 4 aromatic heterocycles. The van der Waals surface area contributed by atoms with Gasteiger partial charge < -0.3 is 4.74 Å². The summed E-state index contributed by atoms with van der Waals surface area (Å²) in [7, 11) is 0. The summed E-state index contributed by atoms with van der Waals surface area (Å²) in [5.41, 5.74) is 2.93. The van der Waals surface area contributed by atoms with Gasteiger partial charge in [-0.05, 0) is 13.0 Å². The second-order valence-corrected chi connectivity index (χ2v) is 6.52. The zero-order valence-corrected chi connectivity index (χ0v) is 15.2. The number of alkyl halides is 2. The molecule has 142 valence electrons. The van der Waals surface area contributed by atoms with Crippen molar-refractivity contribution in [2.45, 2.75) is 13.3 Å². The Morgan fingerprint density at radius 1 is 1.29 bits per heavy atom. The Labute approximate surface area is 160 Å². The molecule has 0 saturated carbocycles. The number of amides is 1. The summed E-state index contributed by atoms with van der Waals surface area (Å²) in [5.74, 6) is 0.561. The molecule has 28 heavy (non-hydrogen) atoms. The molecule has 0 fully saturated rings. The Morgan fingerprint density at radius 3 is 2.86 bits per heavy atom. The lowest BCUT2D eigenvalue weighted by Crippen LogP contribution is -2.25. The highest BCUT2D eigenvalue weighted by Gasteiger charge is 2.18. The maximum Gasteiger partial charge on any atom is 0.432 e. The lowest BCUT2D eigenvalue weighted by Gasteiger charge is -2.10. The number of nitrogens with one attached hydrogen (secondary N) is 1. The van der Waals surface area contributed by atoms with Gasteiger partial charge in [0.05, 0.1) is 23.6 Å². The van der Waals surface area contributed by atoms with Crippen LogP contribution >= 0.6 is 11.3 Å². The minimum atomic E-state index is -2.70. The molecule has 0 aliphatic rings. The summed E-state index contributed by atoms with van der Waals surface area (Å²) in [6.07, 6.45) is 3.33. The zero-order chi connectivity index (χ0) is 19.7. The molecule has 4 rings (SSSR count). The molecule has 0 aromatic carbocycles. The Bertz CT molecular complexity index is 1150. The van der Waals surface area contributed by atoms with Crippen LogP contribution in [0.5, 0.6) is 5.75 Å². The third kappa shape index (κ3) is 3.39. The average Bonchev–Trinajstić information content (AvgIpc) is 3.32. The second-order valence-electron chi connectivity index (χ2n) is 5.63. The van der Waals surface area contributed by atoms with Crippen LogP contribution in [0.4, 0.5) is 13.6 Å². The normalized spacial score (nSPS) is 11.1. The number of fused-ring (bicyclic) bond motifs is 1. The number of thiazole rings is 1. The van der Waals surface area contributed by atoms with Crippen molar-refractivity contribution in [2.75, 3.05) is 5.43 Å². The summed E-state index contributed by atoms with van der Waals surface area (Å²) in [5, 5.41) is 2.73. The third-order valence-corrected chi connectivity index (χ3v) is 4.62. The molecule has 4 heterocycles. The smallest absolute Gasteiger partial charge is 0.406 e. The van der Waals surface area contributed by atoms with Crippen molar-refractivity contribution in [3.8, 4) is 16.6 Å². The van der Waals surface area contributed by atoms with Crippen LogP contribution in [0.1, 0.15) is 17.7 Å². The largest absolute Gasteiger partial charge is 0.432 e. The van der Waals surface area contributed by atoms with E-state index in [0.717, 1.165) is 10.9 Å². The van der Waals surface area contributed by atoms with Crippen molar-refractivity contribution < 1.29 is 18.3 Å². The van der Waals surface area contributed by atoms with E-state index in [2.05, 4.69) is 25.4 Å². The van der Waals surface area contributed by atoms with E-state index in [9.17, 15) is 13.6 Å². The van der Waals surface area contributed by atoms with Gasteiger partial charge in [0, 0.05) is 34.9 Å². The highest BCUT2D eigenvalue weighted by molar-refractivity contribution is 7.12. The number of rotatable bonds is 4. The van der Waals surface area contributed by atoms with Gasteiger partial charge in [0.2, 0.25) is 0 Å². The van der Waals surface area contributed by atoms with E-state index in [4.69, 9.17) is 4.74 Å². The van der Waals surface area contributed by atoms with Crippen LogP contribution < -0.4 is 10.2 Å². The average molecular weight is 402 g/mol. The molecule has 11 heteroatoms. The Hall–Kier alpha value is -3.47. The molecule has 0 radical (unpaired) electrons. The van der Waals surface area contributed by atoms with Gasteiger partial charge in [0.1, 0.15) is 0 Å². The lowest BCUT2D eigenvalue weighted by molar-refractivity contribution is 0.153. The molecule has 0 atom stereocenters. The first-order valence-electron chi connectivity index (χ1n) is 7.98. The number of aromatic nitrogens is 5. The molecule has 0 bridgehead atoms. The van der Waals surface area contributed by atoms with E-state index in [1.165, 1.54) is 36.0 Å². The van der Waals surface area contributed by atoms with Gasteiger partial charge in [-0.2, -0.15) is 0 Å². The highest BCUT2D eigenvalue weighted by Crippen LogP contribution is 2.28. The van der Waals surface area contributed by atoms with Crippen LogP contribution in [0.15, 0.2) is 42.4 Å². The first-order valence-corrected chi connectivity index (χ1v) is 8.86. The monoisotopic (exact) mass is 402 g/mol. The van der Waals surface area contributed by atoms with Crippen LogP contribution in [-0.4, -0.2) is 30.7 Å². The van der Waals surface area contributed by atoms with Crippen LogP contribution in [0, 0.1) is 6.92 Å². The highest BCUT2D eigenvalue weighted by atomic mass is 32.1. The predicted molar refractivity (Wildman–Crippen MR) is 98.0 cm³/mol. The fourth-order valence-electron chi connectivity index (χ4n) is 2.58. The van der Waals surface area contributed by atoms with Gasteiger partial charge >= 0.3 is 6.09 Å². The zero-order valence-electron chi connectivity index (χ0n) is 14.3. The van der Waals surface area contributed by atoms with Crippen molar-refractivity contribution in [3.63, 3.8) is 0 Å². The number of hydrogen-bond donors (Lipinski definition) is 1.